The normalized spacial score (nSPS) is 19.7. The van der Waals surface area contributed by atoms with Crippen LogP contribution in [0, 0.1) is 0 Å². The lowest BCUT2D eigenvalue weighted by molar-refractivity contribution is -0.144. The van der Waals surface area contributed by atoms with Crippen molar-refractivity contribution in [3.8, 4) is 0 Å². The second-order valence-electron chi connectivity index (χ2n) is 4.20. The van der Waals surface area contributed by atoms with Gasteiger partial charge in [-0.25, -0.2) is 0 Å². The zero-order valence-electron chi connectivity index (χ0n) is 9.48. The van der Waals surface area contributed by atoms with Crippen molar-refractivity contribution in [3.63, 3.8) is 0 Å². The van der Waals surface area contributed by atoms with Crippen molar-refractivity contribution in [2.75, 3.05) is 13.1 Å². The average Bonchev–Trinajstić information content (AvgIpc) is 2.71. The van der Waals surface area contributed by atoms with E-state index in [-0.39, 0.29) is 6.04 Å². The molecule has 15 heavy (non-hydrogen) atoms. The van der Waals surface area contributed by atoms with Crippen molar-refractivity contribution < 1.29 is 9.90 Å². The number of carbonyl (C=O) groups is 1. The summed E-state index contributed by atoms with van der Waals surface area (Å²) in [5, 5.41) is 9.17. The summed E-state index contributed by atoms with van der Waals surface area (Å²) < 4.78 is 0. The van der Waals surface area contributed by atoms with Gasteiger partial charge in [0.05, 0.1) is 0 Å². The molecule has 3 N–H and O–H groups in total. The van der Waals surface area contributed by atoms with Gasteiger partial charge in [0, 0.05) is 6.04 Å². The Bertz CT molecular complexity index is 203. The van der Waals surface area contributed by atoms with E-state index in [1.807, 2.05) is 6.92 Å². The van der Waals surface area contributed by atoms with E-state index in [4.69, 9.17) is 10.8 Å². The maximum atomic E-state index is 11.1. The van der Waals surface area contributed by atoms with Crippen molar-refractivity contribution >= 4 is 5.97 Å². The number of nitrogens with zero attached hydrogens (tertiary/aromatic N) is 1. The van der Waals surface area contributed by atoms with E-state index < -0.39 is 5.97 Å². The summed E-state index contributed by atoms with van der Waals surface area (Å²) in [6.45, 7) is 3.28. The summed E-state index contributed by atoms with van der Waals surface area (Å²) in [5.74, 6) is -0.728. The maximum Gasteiger partial charge on any atom is 0.320 e. The number of hydrogen-bond acceptors (Lipinski definition) is 3. The Kier molecular flexibility index (Phi) is 5.05. The summed E-state index contributed by atoms with van der Waals surface area (Å²) in [6, 6.07) is 0.0748. The minimum Gasteiger partial charge on any atom is -0.480 e. The molecular formula is C11H22N2O2. The molecule has 0 aliphatic heterocycles. The van der Waals surface area contributed by atoms with Crippen LogP contribution < -0.4 is 5.73 Å². The Hall–Kier alpha value is -0.610. The molecule has 4 heteroatoms. The molecule has 0 saturated heterocycles. The summed E-state index contributed by atoms with van der Waals surface area (Å²) in [4.78, 5) is 13.3. The van der Waals surface area contributed by atoms with Gasteiger partial charge in [-0.3, -0.25) is 9.69 Å². The molecule has 1 unspecified atom stereocenters. The van der Waals surface area contributed by atoms with Crippen molar-refractivity contribution in [1.29, 1.82) is 0 Å². The van der Waals surface area contributed by atoms with Crippen molar-refractivity contribution in [2.45, 2.75) is 51.1 Å². The third-order valence-corrected chi connectivity index (χ3v) is 3.28. The van der Waals surface area contributed by atoms with E-state index in [9.17, 15) is 4.79 Å². The predicted octanol–water partition coefficient (Wildman–Crippen LogP) is 1.05. The molecule has 1 aliphatic rings. The van der Waals surface area contributed by atoms with Crippen LogP contribution in [0.3, 0.4) is 0 Å². The maximum absolute atomic E-state index is 11.1. The van der Waals surface area contributed by atoms with Gasteiger partial charge < -0.3 is 10.8 Å². The zero-order valence-corrected chi connectivity index (χ0v) is 9.48. The summed E-state index contributed by atoms with van der Waals surface area (Å²) in [6.07, 6.45) is 5.30. The van der Waals surface area contributed by atoms with Crippen molar-refractivity contribution in [3.05, 3.63) is 0 Å². The topological polar surface area (TPSA) is 66.6 Å². The number of carboxylic acids is 1. The van der Waals surface area contributed by atoms with Crippen LogP contribution in [0.1, 0.15) is 39.0 Å². The number of nitrogens with two attached hydrogens (primary N) is 1. The van der Waals surface area contributed by atoms with Gasteiger partial charge in [0.15, 0.2) is 0 Å². The fourth-order valence-electron chi connectivity index (χ4n) is 2.56. The Morgan fingerprint density at radius 1 is 1.53 bits per heavy atom. The molecule has 1 fully saturated rings. The molecule has 4 nitrogen and oxygen atoms in total. The molecular weight excluding hydrogens is 192 g/mol. The van der Waals surface area contributed by atoms with Crippen LogP contribution in [0.5, 0.6) is 0 Å². The number of hydrogen-bond donors (Lipinski definition) is 2. The molecule has 1 atom stereocenters. The van der Waals surface area contributed by atoms with Crippen LogP contribution in [0.25, 0.3) is 0 Å². The van der Waals surface area contributed by atoms with E-state index in [1.165, 1.54) is 12.8 Å². The zero-order chi connectivity index (χ0) is 11.3. The second kappa shape index (κ2) is 6.08. The monoisotopic (exact) mass is 214 g/mol. The highest BCUT2D eigenvalue weighted by Gasteiger charge is 2.31. The first-order chi connectivity index (χ1) is 7.20. The van der Waals surface area contributed by atoms with Gasteiger partial charge in [-0.15, -0.1) is 0 Å². The first-order valence-electron chi connectivity index (χ1n) is 5.89. The minimum absolute atomic E-state index is 0.386. The first kappa shape index (κ1) is 12.5. The largest absolute Gasteiger partial charge is 0.480 e. The fourth-order valence-corrected chi connectivity index (χ4v) is 2.56. The van der Waals surface area contributed by atoms with Gasteiger partial charge >= 0.3 is 5.97 Å². The number of aliphatic carboxylic acids is 1. The minimum atomic E-state index is -0.728. The summed E-state index contributed by atoms with van der Waals surface area (Å²) in [5.41, 5.74) is 5.47. The SMILES string of the molecule is CCN(C1CCCC1)C(CCN)C(=O)O. The van der Waals surface area contributed by atoms with Crippen LogP contribution in [-0.4, -0.2) is 41.1 Å². The van der Waals surface area contributed by atoms with Gasteiger partial charge in [0.1, 0.15) is 6.04 Å². The molecule has 88 valence electrons. The summed E-state index contributed by atoms with van der Waals surface area (Å²) >= 11 is 0. The van der Waals surface area contributed by atoms with Crippen molar-refractivity contribution in [2.24, 2.45) is 5.73 Å². The van der Waals surface area contributed by atoms with E-state index in [0.29, 0.717) is 19.0 Å². The third-order valence-electron chi connectivity index (χ3n) is 3.28. The van der Waals surface area contributed by atoms with Crippen LogP contribution in [0.15, 0.2) is 0 Å². The van der Waals surface area contributed by atoms with Gasteiger partial charge in [0.2, 0.25) is 0 Å². The van der Waals surface area contributed by atoms with Gasteiger partial charge in [-0.05, 0) is 32.4 Å². The van der Waals surface area contributed by atoms with Crippen LogP contribution >= 0.6 is 0 Å². The van der Waals surface area contributed by atoms with Crippen LogP contribution in [-0.2, 0) is 4.79 Å². The molecule has 0 heterocycles. The highest BCUT2D eigenvalue weighted by molar-refractivity contribution is 5.73. The lowest BCUT2D eigenvalue weighted by Crippen LogP contribution is -2.47. The van der Waals surface area contributed by atoms with Crippen LogP contribution in [0.2, 0.25) is 0 Å². The fraction of sp³-hybridized carbons (Fsp3) is 0.909. The second-order valence-corrected chi connectivity index (χ2v) is 4.20. The first-order valence-corrected chi connectivity index (χ1v) is 5.89. The van der Waals surface area contributed by atoms with E-state index in [0.717, 1.165) is 19.4 Å². The number of likely N-dealkylation sites (N-methyl/N-ethyl adjacent to an activating group) is 1. The quantitative estimate of drug-likeness (QED) is 0.693. The molecule has 0 aromatic carbocycles. The Labute approximate surface area is 91.4 Å². The number of rotatable bonds is 6. The summed E-state index contributed by atoms with van der Waals surface area (Å²) in [7, 11) is 0. The number of carboxylic acid groups (broad SMARTS) is 1. The Morgan fingerprint density at radius 3 is 2.53 bits per heavy atom. The highest BCUT2D eigenvalue weighted by Crippen LogP contribution is 2.25. The van der Waals surface area contributed by atoms with E-state index in [1.54, 1.807) is 0 Å². The molecule has 1 saturated carbocycles. The van der Waals surface area contributed by atoms with E-state index in [2.05, 4.69) is 4.90 Å². The Balaban J connectivity index is 2.63. The smallest absolute Gasteiger partial charge is 0.320 e. The van der Waals surface area contributed by atoms with Gasteiger partial charge in [-0.2, -0.15) is 0 Å². The molecule has 1 rings (SSSR count). The molecule has 0 radical (unpaired) electrons. The molecule has 1 aliphatic carbocycles. The van der Waals surface area contributed by atoms with E-state index >= 15 is 0 Å². The molecule has 0 aromatic rings. The Morgan fingerprint density at radius 2 is 2.13 bits per heavy atom. The van der Waals surface area contributed by atoms with Crippen LogP contribution in [0.4, 0.5) is 0 Å². The van der Waals surface area contributed by atoms with Crippen molar-refractivity contribution in [1.82, 2.24) is 4.90 Å². The highest BCUT2D eigenvalue weighted by atomic mass is 16.4. The lowest BCUT2D eigenvalue weighted by atomic mass is 10.1. The predicted molar refractivity (Wildman–Crippen MR) is 59.7 cm³/mol. The standard InChI is InChI=1S/C11H22N2O2/c1-2-13(9-5-3-4-6-9)10(7-8-12)11(14)15/h9-10H,2-8,12H2,1H3,(H,14,15). The van der Waals surface area contributed by atoms with Gasteiger partial charge in [0.25, 0.3) is 0 Å². The molecule has 0 amide bonds. The third kappa shape index (κ3) is 3.18. The molecule has 0 bridgehead atoms. The molecule has 0 aromatic heterocycles. The molecule has 0 spiro atoms. The van der Waals surface area contributed by atoms with Gasteiger partial charge in [-0.1, -0.05) is 19.8 Å². The average molecular weight is 214 g/mol. The lowest BCUT2D eigenvalue weighted by Gasteiger charge is -2.32.